The molecular weight excluding hydrogens is 428 g/mol. The Bertz CT molecular complexity index is 1280. The first-order chi connectivity index (χ1) is 15.4. The summed E-state index contributed by atoms with van der Waals surface area (Å²) in [5, 5.41) is 16.6. The smallest absolute Gasteiger partial charge is 0.341 e. The van der Waals surface area contributed by atoms with Crippen molar-refractivity contribution in [3.05, 3.63) is 58.1 Å². The average molecular weight is 453 g/mol. The third-order valence-corrected chi connectivity index (χ3v) is 7.01. The van der Waals surface area contributed by atoms with Crippen LogP contribution < -0.4 is 15.2 Å². The van der Waals surface area contributed by atoms with Crippen LogP contribution in [0.15, 0.2) is 41.6 Å². The molecule has 1 aromatic carbocycles. The summed E-state index contributed by atoms with van der Waals surface area (Å²) in [6.07, 6.45) is 7.75. The molecule has 0 amide bonds. The van der Waals surface area contributed by atoms with Crippen LogP contribution in [0.3, 0.4) is 0 Å². The van der Waals surface area contributed by atoms with Crippen LogP contribution in [0, 0.1) is 0 Å². The van der Waals surface area contributed by atoms with Crippen molar-refractivity contribution >= 4 is 17.9 Å². The van der Waals surface area contributed by atoms with Gasteiger partial charge < -0.3 is 14.9 Å². The Kier molecular flexibility index (Phi) is 5.00. The molecule has 0 bridgehead atoms. The highest BCUT2D eigenvalue weighted by Crippen LogP contribution is 2.40. The first-order valence-electron chi connectivity index (χ1n) is 10.6. The first kappa shape index (κ1) is 20.7. The zero-order valence-corrected chi connectivity index (χ0v) is 18.9. The van der Waals surface area contributed by atoms with E-state index in [2.05, 4.69) is 11.2 Å². The van der Waals surface area contributed by atoms with E-state index in [0.29, 0.717) is 23.2 Å². The fourth-order valence-corrected chi connectivity index (χ4v) is 4.92. The van der Waals surface area contributed by atoms with Crippen molar-refractivity contribution in [2.75, 3.05) is 12.1 Å². The van der Waals surface area contributed by atoms with E-state index in [4.69, 9.17) is 4.74 Å². The van der Waals surface area contributed by atoms with E-state index < -0.39 is 11.4 Å². The standard InChI is InChI=1S/C23H24N4O4S/c1-13(2)25-10-14-6-18(15-9-24-27(11-15)32-16-4-5-16)22(31-3)7-17(14)20-8-21(28)19(23(29)30)12-26(20)25/h6-9,11-13,16H,4-5,10H2,1-3H3,(H,29,30). The molecular formula is C23H24N4O4S. The summed E-state index contributed by atoms with van der Waals surface area (Å²) in [6, 6.07) is 5.51. The van der Waals surface area contributed by atoms with Crippen molar-refractivity contribution in [1.29, 1.82) is 0 Å². The maximum absolute atomic E-state index is 12.5. The quantitative estimate of drug-likeness (QED) is 0.611. The number of benzene rings is 1. The van der Waals surface area contributed by atoms with Gasteiger partial charge in [0.05, 0.1) is 25.5 Å². The van der Waals surface area contributed by atoms with E-state index in [-0.39, 0.29) is 11.6 Å². The summed E-state index contributed by atoms with van der Waals surface area (Å²) in [5.74, 6) is -0.548. The SMILES string of the molecule is COc1cc2c(cc1-c1cnn(SC3CC3)c1)CN(C(C)C)n1cc(C(=O)O)c(=O)cc1-2. The third kappa shape index (κ3) is 3.56. The molecule has 0 unspecified atom stereocenters. The Hall–Kier alpha value is -3.20. The highest BCUT2D eigenvalue weighted by molar-refractivity contribution is 7.98. The predicted molar refractivity (Wildman–Crippen MR) is 124 cm³/mol. The van der Waals surface area contributed by atoms with Crippen molar-refractivity contribution in [2.45, 2.75) is 44.5 Å². The minimum atomic E-state index is -1.23. The molecule has 0 saturated heterocycles. The molecule has 1 saturated carbocycles. The summed E-state index contributed by atoms with van der Waals surface area (Å²) < 4.78 is 9.40. The largest absolute Gasteiger partial charge is 0.496 e. The van der Waals surface area contributed by atoms with E-state index in [1.807, 2.05) is 41.4 Å². The number of ether oxygens (including phenoxy) is 1. The molecule has 8 nitrogen and oxygen atoms in total. The Morgan fingerprint density at radius 2 is 2.00 bits per heavy atom. The third-order valence-electron chi connectivity index (χ3n) is 5.82. The summed E-state index contributed by atoms with van der Waals surface area (Å²) in [6.45, 7) is 4.65. The van der Waals surface area contributed by atoms with Crippen LogP contribution in [0.5, 0.6) is 5.75 Å². The van der Waals surface area contributed by atoms with Crippen LogP contribution in [-0.2, 0) is 6.54 Å². The lowest BCUT2D eigenvalue weighted by molar-refractivity contribution is 0.0694. The molecule has 2 aromatic heterocycles. The number of hydrogen-bond acceptors (Lipinski definition) is 6. The molecule has 0 spiro atoms. The molecule has 1 N–H and O–H groups in total. The molecule has 0 radical (unpaired) electrons. The summed E-state index contributed by atoms with van der Waals surface area (Å²) >= 11 is 1.74. The van der Waals surface area contributed by atoms with Gasteiger partial charge in [-0.2, -0.15) is 5.10 Å². The van der Waals surface area contributed by atoms with Gasteiger partial charge in [0.15, 0.2) is 5.43 Å². The number of nitrogens with zero attached hydrogens (tertiary/aromatic N) is 4. The van der Waals surface area contributed by atoms with E-state index in [9.17, 15) is 14.7 Å². The molecule has 166 valence electrons. The van der Waals surface area contributed by atoms with Gasteiger partial charge in [0.1, 0.15) is 11.3 Å². The average Bonchev–Trinajstić information content (AvgIpc) is 3.45. The van der Waals surface area contributed by atoms with Gasteiger partial charge in [-0.3, -0.25) is 9.47 Å². The number of carbonyl (C=O) groups is 1. The van der Waals surface area contributed by atoms with Gasteiger partial charge in [0, 0.05) is 46.4 Å². The van der Waals surface area contributed by atoms with Crippen molar-refractivity contribution in [3.8, 4) is 28.1 Å². The van der Waals surface area contributed by atoms with Gasteiger partial charge in [-0.15, -0.1) is 0 Å². The lowest BCUT2D eigenvalue weighted by Gasteiger charge is -2.38. The van der Waals surface area contributed by atoms with Crippen molar-refractivity contribution in [2.24, 2.45) is 0 Å². The molecule has 0 atom stereocenters. The number of hydrogen-bond donors (Lipinski definition) is 1. The summed E-state index contributed by atoms with van der Waals surface area (Å²) in [4.78, 5) is 24.0. The van der Waals surface area contributed by atoms with Gasteiger partial charge >= 0.3 is 5.97 Å². The monoisotopic (exact) mass is 452 g/mol. The van der Waals surface area contributed by atoms with Gasteiger partial charge in [-0.25, -0.2) is 8.88 Å². The van der Waals surface area contributed by atoms with Gasteiger partial charge in [-0.05, 0) is 56.3 Å². The normalized spacial score (nSPS) is 14.9. The maximum atomic E-state index is 12.5. The molecule has 1 fully saturated rings. The number of pyridine rings is 1. The number of aromatic nitrogens is 3. The molecule has 1 aliphatic carbocycles. The zero-order valence-electron chi connectivity index (χ0n) is 18.1. The van der Waals surface area contributed by atoms with Crippen LogP contribution in [0.4, 0.5) is 0 Å². The molecule has 3 heterocycles. The minimum Gasteiger partial charge on any atom is -0.496 e. The van der Waals surface area contributed by atoms with Gasteiger partial charge in [-0.1, -0.05) is 0 Å². The van der Waals surface area contributed by atoms with E-state index in [0.717, 1.165) is 22.3 Å². The number of carboxylic acid groups (broad SMARTS) is 1. The highest BCUT2D eigenvalue weighted by atomic mass is 32.2. The molecule has 9 heteroatoms. The predicted octanol–water partition coefficient (Wildman–Crippen LogP) is 3.60. The number of methoxy groups -OCH3 is 1. The Morgan fingerprint density at radius 3 is 2.66 bits per heavy atom. The second-order valence-corrected chi connectivity index (χ2v) is 9.68. The van der Waals surface area contributed by atoms with Gasteiger partial charge in [0.25, 0.3) is 0 Å². The van der Waals surface area contributed by atoms with Crippen LogP contribution in [0.2, 0.25) is 0 Å². The van der Waals surface area contributed by atoms with E-state index in [1.165, 1.54) is 25.1 Å². The van der Waals surface area contributed by atoms with Crippen LogP contribution in [0.25, 0.3) is 22.4 Å². The van der Waals surface area contributed by atoms with Crippen LogP contribution in [0.1, 0.15) is 42.6 Å². The topological polar surface area (TPSA) is 89.6 Å². The molecule has 32 heavy (non-hydrogen) atoms. The minimum absolute atomic E-state index is 0.0919. The van der Waals surface area contributed by atoms with Crippen LogP contribution in [-0.4, -0.2) is 43.3 Å². The first-order valence-corrected chi connectivity index (χ1v) is 11.4. The van der Waals surface area contributed by atoms with E-state index in [1.54, 1.807) is 23.7 Å². The second kappa shape index (κ2) is 7.74. The lowest BCUT2D eigenvalue weighted by atomic mass is 9.95. The highest BCUT2D eigenvalue weighted by Gasteiger charge is 2.28. The Balaban J connectivity index is 1.65. The number of rotatable bonds is 6. The fourth-order valence-electron chi connectivity index (χ4n) is 4.00. The molecule has 1 aliphatic heterocycles. The van der Waals surface area contributed by atoms with E-state index >= 15 is 0 Å². The van der Waals surface area contributed by atoms with Gasteiger partial charge in [0.2, 0.25) is 0 Å². The molecule has 5 rings (SSSR count). The van der Waals surface area contributed by atoms with Crippen molar-refractivity contribution in [1.82, 2.24) is 13.9 Å². The lowest BCUT2D eigenvalue weighted by Crippen LogP contribution is -2.44. The van der Waals surface area contributed by atoms with Crippen LogP contribution >= 0.6 is 11.9 Å². The Morgan fingerprint density at radius 1 is 1.22 bits per heavy atom. The zero-order chi connectivity index (χ0) is 22.6. The molecule has 3 aromatic rings. The molecule has 2 aliphatic rings. The van der Waals surface area contributed by atoms with Crippen molar-refractivity contribution < 1.29 is 14.6 Å². The number of carboxylic acids is 1. The second-order valence-electron chi connectivity index (χ2n) is 8.42. The number of fused-ring (bicyclic) bond motifs is 3. The summed E-state index contributed by atoms with van der Waals surface area (Å²) in [5.41, 5.74) is 3.71. The maximum Gasteiger partial charge on any atom is 0.341 e. The van der Waals surface area contributed by atoms with Crippen molar-refractivity contribution in [3.63, 3.8) is 0 Å². The number of aromatic carboxylic acids is 1. The Labute approximate surface area is 189 Å². The summed E-state index contributed by atoms with van der Waals surface area (Å²) in [7, 11) is 1.62. The fraction of sp³-hybridized carbons (Fsp3) is 0.348.